The third-order valence-corrected chi connectivity index (χ3v) is 6.62. The summed E-state index contributed by atoms with van der Waals surface area (Å²) in [6, 6.07) is 0. The first-order chi connectivity index (χ1) is 8.77. The van der Waals surface area contributed by atoms with Gasteiger partial charge in [0.1, 0.15) is 0 Å². The molecule has 2 unspecified atom stereocenters. The molecule has 2 rings (SSSR count). The largest absolute Gasteiger partial charge is 0.393 e. The quantitative estimate of drug-likeness (QED) is 0.760. The second kappa shape index (κ2) is 5.39. The van der Waals surface area contributed by atoms with Gasteiger partial charge >= 0.3 is 0 Å². The molecular weight excluding hydrogens is 232 g/mol. The SMILES string of the molecule is CC(O)CC[C@H]1C(C)CC[C@H]2C(C)(C)CCC[C@]12C. The van der Waals surface area contributed by atoms with Crippen LogP contribution in [0.2, 0.25) is 0 Å². The van der Waals surface area contributed by atoms with Crippen LogP contribution in [-0.2, 0) is 0 Å². The van der Waals surface area contributed by atoms with Crippen LogP contribution in [0.5, 0.6) is 0 Å². The Hall–Kier alpha value is -0.0400. The van der Waals surface area contributed by atoms with Crippen molar-refractivity contribution in [3.63, 3.8) is 0 Å². The first-order valence-corrected chi connectivity index (χ1v) is 8.45. The first-order valence-electron chi connectivity index (χ1n) is 8.45. The average molecular weight is 266 g/mol. The summed E-state index contributed by atoms with van der Waals surface area (Å²) >= 11 is 0. The highest BCUT2D eigenvalue weighted by atomic mass is 16.3. The van der Waals surface area contributed by atoms with Crippen molar-refractivity contribution in [3.8, 4) is 0 Å². The van der Waals surface area contributed by atoms with Crippen molar-refractivity contribution >= 4 is 0 Å². The van der Waals surface area contributed by atoms with Crippen LogP contribution in [0, 0.1) is 28.6 Å². The summed E-state index contributed by atoms with van der Waals surface area (Å²) < 4.78 is 0. The van der Waals surface area contributed by atoms with E-state index >= 15 is 0 Å². The molecule has 0 aromatic carbocycles. The topological polar surface area (TPSA) is 20.2 Å². The third kappa shape index (κ3) is 2.86. The van der Waals surface area contributed by atoms with Crippen LogP contribution in [0.4, 0.5) is 0 Å². The molecule has 112 valence electrons. The molecule has 1 heteroatoms. The van der Waals surface area contributed by atoms with Crippen molar-refractivity contribution in [1.82, 2.24) is 0 Å². The van der Waals surface area contributed by atoms with E-state index in [9.17, 15) is 5.11 Å². The zero-order chi connectivity index (χ0) is 14.3. The molecule has 0 aromatic heterocycles. The van der Waals surface area contributed by atoms with E-state index in [1.807, 2.05) is 6.92 Å². The van der Waals surface area contributed by atoms with Crippen molar-refractivity contribution in [2.45, 2.75) is 85.7 Å². The van der Waals surface area contributed by atoms with Gasteiger partial charge in [-0.1, -0.05) is 40.5 Å². The second-order valence-corrected chi connectivity index (χ2v) is 8.49. The summed E-state index contributed by atoms with van der Waals surface area (Å²) in [6.07, 6.45) is 9.12. The van der Waals surface area contributed by atoms with Crippen LogP contribution in [0.1, 0.15) is 79.6 Å². The highest BCUT2D eigenvalue weighted by molar-refractivity contribution is 5.02. The van der Waals surface area contributed by atoms with Crippen molar-refractivity contribution in [3.05, 3.63) is 0 Å². The van der Waals surface area contributed by atoms with Gasteiger partial charge in [-0.25, -0.2) is 0 Å². The number of hydrogen-bond acceptors (Lipinski definition) is 1. The molecule has 0 aliphatic heterocycles. The molecule has 0 heterocycles. The Kier molecular flexibility index (Phi) is 4.35. The highest BCUT2D eigenvalue weighted by Crippen LogP contribution is 2.61. The predicted octanol–water partition coefficient (Wildman–Crippen LogP) is 5.03. The number of aliphatic hydroxyl groups is 1. The molecule has 2 fully saturated rings. The molecule has 5 atom stereocenters. The van der Waals surface area contributed by atoms with Gasteiger partial charge in [-0.05, 0) is 67.6 Å². The summed E-state index contributed by atoms with van der Waals surface area (Å²) in [7, 11) is 0. The van der Waals surface area contributed by atoms with E-state index in [4.69, 9.17) is 0 Å². The van der Waals surface area contributed by atoms with E-state index in [1.54, 1.807) is 0 Å². The molecule has 0 radical (unpaired) electrons. The van der Waals surface area contributed by atoms with Gasteiger partial charge in [0.2, 0.25) is 0 Å². The van der Waals surface area contributed by atoms with Gasteiger partial charge in [-0.2, -0.15) is 0 Å². The second-order valence-electron chi connectivity index (χ2n) is 8.49. The zero-order valence-corrected chi connectivity index (χ0v) is 13.7. The Balaban J connectivity index is 2.20. The molecule has 0 bridgehead atoms. The maximum Gasteiger partial charge on any atom is 0.0512 e. The van der Waals surface area contributed by atoms with Crippen LogP contribution in [0.25, 0.3) is 0 Å². The lowest BCUT2D eigenvalue weighted by molar-refractivity contribution is -0.0982. The molecule has 0 saturated heterocycles. The first kappa shape index (κ1) is 15.4. The van der Waals surface area contributed by atoms with E-state index in [1.165, 1.54) is 38.5 Å². The molecule has 1 N–H and O–H groups in total. The Morgan fingerprint density at radius 1 is 1.16 bits per heavy atom. The standard InChI is InChI=1S/C18H34O/c1-13-7-10-16-17(3,4)11-6-12-18(16,5)15(13)9-8-14(2)19/h13-16,19H,6-12H2,1-5H3/t13?,14?,15-,16-,18+/m0/s1. The fourth-order valence-corrected chi connectivity index (χ4v) is 5.65. The van der Waals surface area contributed by atoms with Gasteiger partial charge in [0, 0.05) is 0 Å². The monoisotopic (exact) mass is 266 g/mol. The number of rotatable bonds is 3. The van der Waals surface area contributed by atoms with Crippen LogP contribution >= 0.6 is 0 Å². The van der Waals surface area contributed by atoms with Gasteiger partial charge in [-0.3, -0.25) is 0 Å². The van der Waals surface area contributed by atoms with Crippen molar-refractivity contribution in [2.24, 2.45) is 28.6 Å². The Bertz CT molecular complexity index is 307. The third-order valence-electron chi connectivity index (χ3n) is 6.62. The molecule has 19 heavy (non-hydrogen) atoms. The maximum absolute atomic E-state index is 9.65. The minimum atomic E-state index is -0.132. The van der Waals surface area contributed by atoms with E-state index in [0.717, 1.165) is 24.2 Å². The zero-order valence-electron chi connectivity index (χ0n) is 13.7. The summed E-state index contributed by atoms with van der Waals surface area (Å²) in [5, 5.41) is 9.65. The number of aliphatic hydroxyl groups excluding tert-OH is 1. The van der Waals surface area contributed by atoms with Crippen molar-refractivity contribution in [2.75, 3.05) is 0 Å². The summed E-state index contributed by atoms with van der Waals surface area (Å²) in [5.74, 6) is 2.55. The summed E-state index contributed by atoms with van der Waals surface area (Å²) in [6.45, 7) is 12.0. The summed E-state index contributed by atoms with van der Waals surface area (Å²) in [4.78, 5) is 0. The van der Waals surface area contributed by atoms with Gasteiger partial charge in [0.25, 0.3) is 0 Å². The summed E-state index contributed by atoms with van der Waals surface area (Å²) in [5.41, 5.74) is 1.05. The molecule has 2 aliphatic carbocycles. The maximum atomic E-state index is 9.65. The number of fused-ring (bicyclic) bond motifs is 1. The van der Waals surface area contributed by atoms with Gasteiger partial charge in [0.05, 0.1) is 6.10 Å². The van der Waals surface area contributed by atoms with Crippen molar-refractivity contribution in [1.29, 1.82) is 0 Å². The lowest BCUT2D eigenvalue weighted by atomic mass is 9.46. The van der Waals surface area contributed by atoms with Gasteiger partial charge in [0.15, 0.2) is 0 Å². The lowest BCUT2D eigenvalue weighted by Crippen LogP contribution is -2.51. The average Bonchev–Trinajstić information content (AvgIpc) is 2.26. The molecule has 0 amide bonds. The smallest absolute Gasteiger partial charge is 0.0512 e. The van der Waals surface area contributed by atoms with Crippen LogP contribution in [-0.4, -0.2) is 11.2 Å². The molecule has 0 aromatic rings. The van der Waals surface area contributed by atoms with E-state index in [0.29, 0.717) is 10.8 Å². The van der Waals surface area contributed by atoms with Crippen LogP contribution in [0.3, 0.4) is 0 Å². The Morgan fingerprint density at radius 3 is 2.47 bits per heavy atom. The molecule has 2 saturated carbocycles. The van der Waals surface area contributed by atoms with Crippen LogP contribution in [0.15, 0.2) is 0 Å². The van der Waals surface area contributed by atoms with Gasteiger partial charge < -0.3 is 5.11 Å². The van der Waals surface area contributed by atoms with E-state index in [-0.39, 0.29) is 6.10 Å². The minimum absolute atomic E-state index is 0.132. The predicted molar refractivity (Wildman–Crippen MR) is 82.0 cm³/mol. The van der Waals surface area contributed by atoms with Crippen molar-refractivity contribution < 1.29 is 5.11 Å². The molecule has 1 nitrogen and oxygen atoms in total. The lowest BCUT2D eigenvalue weighted by Gasteiger charge is -2.59. The van der Waals surface area contributed by atoms with Gasteiger partial charge in [-0.15, -0.1) is 0 Å². The van der Waals surface area contributed by atoms with Crippen LogP contribution < -0.4 is 0 Å². The number of hydrogen-bond donors (Lipinski definition) is 1. The fourth-order valence-electron chi connectivity index (χ4n) is 5.65. The van der Waals surface area contributed by atoms with E-state index in [2.05, 4.69) is 27.7 Å². The Morgan fingerprint density at radius 2 is 1.84 bits per heavy atom. The fraction of sp³-hybridized carbons (Fsp3) is 1.00. The normalized spacial score (nSPS) is 43.6. The highest BCUT2D eigenvalue weighted by Gasteiger charge is 2.53. The molecular formula is C18H34O. The minimum Gasteiger partial charge on any atom is -0.393 e. The molecule has 0 spiro atoms. The molecule has 2 aliphatic rings. The Labute approximate surface area is 120 Å². The van der Waals surface area contributed by atoms with E-state index < -0.39 is 0 Å².